The molecule has 0 aliphatic heterocycles. The van der Waals surface area contributed by atoms with E-state index in [1.807, 2.05) is 30.3 Å². The predicted octanol–water partition coefficient (Wildman–Crippen LogP) is 0.520. The molecule has 3 aromatic rings. The molecule has 8 heteroatoms. The van der Waals surface area contributed by atoms with Crippen LogP contribution in [0.3, 0.4) is 0 Å². The molecule has 0 atom stereocenters. The summed E-state index contributed by atoms with van der Waals surface area (Å²) in [5.74, 6) is -0.338. The van der Waals surface area contributed by atoms with Crippen molar-refractivity contribution in [2.45, 2.75) is 6.54 Å². The molecule has 3 rings (SSSR count). The van der Waals surface area contributed by atoms with Crippen LogP contribution in [-0.2, 0) is 6.54 Å². The van der Waals surface area contributed by atoms with Crippen LogP contribution in [0.25, 0.3) is 11.3 Å². The summed E-state index contributed by atoms with van der Waals surface area (Å²) >= 11 is 0. The fourth-order valence-corrected chi connectivity index (χ4v) is 1.74. The van der Waals surface area contributed by atoms with Gasteiger partial charge in [0.05, 0.1) is 5.69 Å². The largest absolute Gasteiger partial charge is 0.345 e. The van der Waals surface area contributed by atoms with Crippen LogP contribution in [0.5, 0.6) is 0 Å². The fraction of sp³-hybridized carbons (Fsp3) is 0.0833. The number of nitrogens with one attached hydrogen (secondary N) is 3. The lowest BCUT2D eigenvalue weighted by Crippen LogP contribution is -2.24. The quantitative estimate of drug-likeness (QED) is 0.639. The van der Waals surface area contributed by atoms with Crippen molar-refractivity contribution >= 4 is 5.91 Å². The lowest BCUT2D eigenvalue weighted by molar-refractivity contribution is 0.0940. The lowest BCUT2D eigenvalue weighted by atomic mass is 10.1. The van der Waals surface area contributed by atoms with E-state index in [0.717, 1.165) is 16.8 Å². The maximum Gasteiger partial charge on any atom is 0.293 e. The number of carbonyl (C=O) groups is 1. The van der Waals surface area contributed by atoms with E-state index in [4.69, 9.17) is 0 Å². The van der Waals surface area contributed by atoms with Gasteiger partial charge in [-0.2, -0.15) is 10.3 Å². The van der Waals surface area contributed by atoms with Gasteiger partial charge in [0.15, 0.2) is 0 Å². The average molecular weight is 269 g/mol. The molecule has 0 spiro atoms. The van der Waals surface area contributed by atoms with Crippen molar-refractivity contribution in [2.24, 2.45) is 0 Å². The summed E-state index contributed by atoms with van der Waals surface area (Å²) in [6, 6.07) is 9.69. The Balaban J connectivity index is 1.63. The van der Waals surface area contributed by atoms with E-state index in [2.05, 4.69) is 36.1 Å². The Morgan fingerprint density at radius 3 is 2.70 bits per heavy atom. The van der Waals surface area contributed by atoms with Gasteiger partial charge in [0.2, 0.25) is 0 Å². The van der Waals surface area contributed by atoms with Crippen molar-refractivity contribution in [1.82, 2.24) is 36.1 Å². The molecule has 0 saturated carbocycles. The van der Waals surface area contributed by atoms with Gasteiger partial charge < -0.3 is 5.32 Å². The Labute approximate surface area is 113 Å². The number of aromatic nitrogens is 6. The third-order valence-corrected chi connectivity index (χ3v) is 2.77. The highest BCUT2D eigenvalue weighted by Crippen LogP contribution is 2.16. The van der Waals surface area contributed by atoms with Crippen molar-refractivity contribution in [3.63, 3.8) is 0 Å². The van der Waals surface area contributed by atoms with Crippen LogP contribution in [0, 0.1) is 0 Å². The zero-order valence-corrected chi connectivity index (χ0v) is 10.4. The molecular weight excluding hydrogens is 258 g/mol. The lowest BCUT2D eigenvalue weighted by Gasteiger charge is -2.04. The van der Waals surface area contributed by atoms with Gasteiger partial charge in [0.1, 0.15) is 0 Å². The van der Waals surface area contributed by atoms with E-state index in [1.165, 1.54) is 0 Å². The smallest absolute Gasteiger partial charge is 0.293 e. The summed E-state index contributed by atoms with van der Waals surface area (Å²) < 4.78 is 0. The van der Waals surface area contributed by atoms with Crippen LogP contribution in [0.4, 0.5) is 0 Å². The third kappa shape index (κ3) is 2.53. The second-order valence-electron chi connectivity index (χ2n) is 4.09. The first-order valence-corrected chi connectivity index (χ1v) is 5.93. The molecule has 0 bridgehead atoms. The Hall–Kier alpha value is -3.03. The molecule has 1 amide bonds. The van der Waals surface area contributed by atoms with Crippen molar-refractivity contribution in [1.29, 1.82) is 0 Å². The number of rotatable bonds is 4. The van der Waals surface area contributed by atoms with E-state index < -0.39 is 0 Å². The van der Waals surface area contributed by atoms with Gasteiger partial charge in [-0.15, -0.1) is 10.2 Å². The molecule has 0 unspecified atom stereocenters. The molecule has 0 saturated heterocycles. The highest BCUT2D eigenvalue weighted by molar-refractivity contribution is 5.89. The van der Waals surface area contributed by atoms with Crippen molar-refractivity contribution in [3.8, 4) is 11.3 Å². The van der Waals surface area contributed by atoms with Crippen LogP contribution in [-0.4, -0.2) is 36.7 Å². The van der Waals surface area contributed by atoms with E-state index in [9.17, 15) is 4.79 Å². The zero-order chi connectivity index (χ0) is 13.8. The van der Waals surface area contributed by atoms with E-state index in [1.54, 1.807) is 6.20 Å². The molecule has 8 nitrogen and oxygen atoms in total. The highest BCUT2D eigenvalue weighted by Gasteiger charge is 2.09. The number of hydrogen-bond donors (Lipinski definition) is 3. The van der Waals surface area contributed by atoms with Crippen LogP contribution >= 0.6 is 0 Å². The molecule has 20 heavy (non-hydrogen) atoms. The fourth-order valence-electron chi connectivity index (χ4n) is 1.74. The van der Waals surface area contributed by atoms with E-state index >= 15 is 0 Å². The average Bonchev–Trinajstić information content (AvgIpc) is 3.18. The molecule has 1 aromatic carbocycles. The van der Waals surface area contributed by atoms with Crippen LogP contribution in [0.2, 0.25) is 0 Å². The number of aromatic amines is 2. The minimum atomic E-state index is -0.364. The topological polar surface area (TPSA) is 112 Å². The van der Waals surface area contributed by atoms with Gasteiger partial charge >= 0.3 is 0 Å². The number of benzene rings is 1. The van der Waals surface area contributed by atoms with Gasteiger partial charge in [-0.05, 0) is 22.4 Å². The number of nitrogens with zero attached hydrogens (tertiary/aromatic N) is 4. The first kappa shape index (κ1) is 12.0. The van der Waals surface area contributed by atoms with Crippen molar-refractivity contribution in [2.75, 3.05) is 0 Å². The van der Waals surface area contributed by atoms with Crippen LogP contribution in [0.15, 0.2) is 36.5 Å². The van der Waals surface area contributed by atoms with Crippen LogP contribution < -0.4 is 5.32 Å². The van der Waals surface area contributed by atoms with Gasteiger partial charge in [-0.1, -0.05) is 24.3 Å². The summed E-state index contributed by atoms with van der Waals surface area (Å²) in [5, 5.41) is 22.3. The summed E-state index contributed by atoms with van der Waals surface area (Å²) in [5.41, 5.74) is 2.97. The third-order valence-electron chi connectivity index (χ3n) is 2.77. The number of carbonyl (C=O) groups excluding carboxylic acids is 1. The minimum absolute atomic E-state index is 0.0269. The Bertz CT molecular complexity index is 673. The number of amides is 1. The number of tetrazole rings is 1. The first-order chi connectivity index (χ1) is 9.83. The number of H-pyrrole nitrogens is 2. The SMILES string of the molecule is O=C(NCc1ccc(-c2ccn[nH]2)cc1)c1nn[nH]n1. The Morgan fingerprint density at radius 2 is 2.05 bits per heavy atom. The van der Waals surface area contributed by atoms with Crippen molar-refractivity contribution in [3.05, 3.63) is 47.9 Å². The monoisotopic (exact) mass is 269 g/mol. The molecule has 0 fully saturated rings. The first-order valence-electron chi connectivity index (χ1n) is 5.93. The second kappa shape index (κ2) is 5.31. The maximum atomic E-state index is 11.6. The summed E-state index contributed by atoms with van der Waals surface area (Å²) in [6.45, 7) is 0.399. The van der Waals surface area contributed by atoms with Crippen LogP contribution in [0.1, 0.15) is 16.2 Å². The number of hydrogen-bond acceptors (Lipinski definition) is 5. The van der Waals surface area contributed by atoms with Gasteiger partial charge in [-0.25, -0.2) is 0 Å². The predicted molar refractivity (Wildman–Crippen MR) is 69.4 cm³/mol. The van der Waals surface area contributed by atoms with Gasteiger partial charge in [-0.3, -0.25) is 9.89 Å². The maximum absolute atomic E-state index is 11.6. The zero-order valence-electron chi connectivity index (χ0n) is 10.4. The Kier molecular flexibility index (Phi) is 3.19. The minimum Gasteiger partial charge on any atom is -0.345 e. The molecule has 0 aliphatic rings. The van der Waals surface area contributed by atoms with E-state index in [0.29, 0.717) is 6.54 Å². The van der Waals surface area contributed by atoms with Gasteiger partial charge in [0.25, 0.3) is 11.7 Å². The molecule has 0 radical (unpaired) electrons. The summed E-state index contributed by atoms with van der Waals surface area (Å²) in [7, 11) is 0. The standard InChI is InChI=1S/C12H11N7O/c20-12(11-16-18-19-17-11)13-7-8-1-3-9(4-2-8)10-5-6-14-15-10/h1-6H,7H2,(H,13,20)(H,14,15)(H,16,17,18,19). The molecule has 2 heterocycles. The Morgan fingerprint density at radius 1 is 1.20 bits per heavy atom. The highest BCUT2D eigenvalue weighted by atomic mass is 16.2. The molecule has 100 valence electrons. The molecular formula is C12H11N7O. The summed E-state index contributed by atoms with van der Waals surface area (Å²) in [4.78, 5) is 11.6. The molecule has 2 aromatic heterocycles. The molecule has 0 aliphatic carbocycles. The van der Waals surface area contributed by atoms with Gasteiger partial charge in [0, 0.05) is 12.7 Å². The normalized spacial score (nSPS) is 10.4. The van der Waals surface area contributed by atoms with Crippen molar-refractivity contribution < 1.29 is 4.79 Å². The summed E-state index contributed by atoms with van der Waals surface area (Å²) in [6.07, 6.45) is 1.70. The second-order valence-corrected chi connectivity index (χ2v) is 4.09. The molecule has 3 N–H and O–H groups in total. The van der Waals surface area contributed by atoms with E-state index in [-0.39, 0.29) is 11.7 Å².